The summed E-state index contributed by atoms with van der Waals surface area (Å²) in [5, 5.41) is 3.42. The van der Waals surface area contributed by atoms with Crippen LogP contribution in [0.2, 0.25) is 0 Å². The molecule has 0 amide bonds. The van der Waals surface area contributed by atoms with Gasteiger partial charge < -0.3 is 14.5 Å². The Balaban J connectivity index is 1.80. The van der Waals surface area contributed by atoms with Crippen molar-refractivity contribution in [2.24, 2.45) is 0 Å². The molecule has 0 atom stereocenters. The van der Waals surface area contributed by atoms with Crippen LogP contribution in [0, 0.1) is 0 Å². The fourth-order valence-electron chi connectivity index (χ4n) is 1.84. The number of aromatic nitrogens is 1. The Hall–Kier alpha value is -1.33. The van der Waals surface area contributed by atoms with E-state index in [9.17, 15) is 0 Å². The van der Waals surface area contributed by atoms with Gasteiger partial charge in [0.05, 0.1) is 18.4 Å². The van der Waals surface area contributed by atoms with E-state index in [0.29, 0.717) is 11.9 Å². The summed E-state index contributed by atoms with van der Waals surface area (Å²) in [6.07, 6.45) is 4.24. The molecule has 1 aromatic heterocycles. The number of halogens is 1. The zero-order valence-corrected chi connectivity index (χ0v) is 12.2. The third kappa shape index (κ3) is 2.98. The first-order valence-electron chi connectivity index (χ1n) is 6.28. The highest BCUT2D eigenvalue weighted by atomic mass is 79.9. The molecule has 1 N–H and O–H groups in total. The second-order valence-corrected chi connectivity index (χ2v) is 5.50. The lowest BCUT2D eigenvalue weighted by Gasteiger charge is -2.03. The van der Waals surface area contributed by atoms with E-state index in [4.69, 9.17) is 9.15 Å². The predicted molar refractivity (Wildman–Crippen MR) is 76.1 cm³/mol. The highest BCUT2D eigenvalue weighted by molar-refractivity contribution is 9.10. The number of nitrogens with one attached hydrogen (secondary N) is 1. The van der Waals surface area contributed by atoms with Crippen LogP contribution in [-0.2, 0) is 6.54 Å². The normalized spacial score (nSPS) is 14.6. The number of rotatable bonds is 5. The SMILES string of the molecule is COc1ccc(Br)c(-c2nc(CNC3CC3)co2)c1. The second kappa shape index (κ2) is 5.35. The minimum absolute atomic E-state index is 0.610. The lowest BCUT2D eigenvalue weighted by Crippen LogP contribution is -2.15. The minimum Gasteiger partial charge on any atom is -0.497 e. The van der Waals surface area contributed by atoms with Gasteiger partial charge in [-0.1, -0.05) is 0 Å². The number of hydrogen-bond donors (Lipinski definition) is 1. The molecule has 0 saturated heterocycles. The number of hydrogen-bond acceptors (Lipinski definition) is 4. The molecule has 19 heavy (non-hydrogen) atoms. The molecule has 4 nitrogen and oxygen atoms in total. The van der Waals surface area contributed by atoms with Crippen molar-refractivity contribution >= 4 is 15.9 Å². The van der Waals surface area contributed by atoms with Crippen LogP contribution in [0.15, 0.2) is 33.4 Å². The molecular formula is C14H15BrN2O2. The van der Waals surface area contributed by atoms with Crippen LogP contribution >= 0.6 is 15.9 Å². The van der Waals surface area contributed by atoms with Crippen molar-refractivity contribution in [3.05, 3.63) is 34.6 Å². The van der Waals surface area contributed by atoms with Gasteiger partial charge in [0.15, 0.2) is 0 Å². The summed E-state index contributed by atoms with van der Waals surface area (Å²) in [5.74, 6) is 1.40. The molecule has 1 aliphatic rings. The first-order chi connectivity index (χ1) is 9.26. The molecule has 2 aromatic rings. The maximum absolute atomic E-state index is 5.55. The lowest BCUT2D eigenvalue weighted by atomic mass is 10.2. The first-order valence-corrected chi connectivity index (χ1v) is 7.07. The van der Waals surface area contributed by atoms with Crippen LogP contribution in [0.3, 0.4) is 0 Å². The van der Waals surface area contributed by atoms with Crippen LogP contribution < -0.4 is 10.1 Å². The van der Waals surface area contributed by atoms with Crippen LogP contribution in [0.25, 0.3) is 11.5 Å². The maximum atomic E-state index is 5.55. The highest BCUT2D eigenvalue weighted by Crippen LogP contribution is 2.31. The Morgan fingerprint density at radius 1 is 1.47 bits per heavy atom. The molecule has 1 heterocycles. The number of oxazole rings is 1. The van der Waals surface area contributed by atoms with Gasteiger partial charge in [0.1, 0.15) is 12.0 Å². The minimum atomic E-state index is 0.610. The van der Waals surface area contributed by atoms with Gasteiger partial charge in [-0.2, -0.15) is 0 Å². The van der Waals surface area contributed by atoms with Crippen LogP contribution in [-0.4, -0.2) is 18.1 Å². The summed E-state index contributed by atoms with van der Waals surface area (Å²) in [7, 11) is 1.65. The third-order valence-corrected chi connectivity index (χ3v) is 3.80. The van der Waals surface area contributed by atoms with Gasteiger partial charge in [0.2, 0.25) is 5.89 Å². The number of methoxy groups -OCH3 is 1. The Bertz CT molecular complexity index is 579. The summed E-state index contributed by atoms with van der Waals surface area (Å²) in [6.45, 7) is 0.760. The van der Waals surface area contributed by atoms with Gasteiger partial charge >= 0.3 is 0 Å². The smallest absolute Gasteiger partial charge is 0.227 e. The number of ether oxygens (including phenoxy) is 1. The van der Waals surface area contributed by atoms with Gasteiger partial charge in [-0.25, -0.2) is 4.98 Å². The quantitative estimate of drug-likeness (QED) is 0.916. The zero-order chi connectivity index (χ0) is 13.2. The average molecular weight is 323 g/mol. The monoisotopic (exact) mass is 322 g/mol. The molecule has 3 rings (SSSR count). The Morgan fingerprint density at radius 3 is 3.05 bits per heavy atom. The summed E-state index contributed by atoms with van der Waals surface area (Å²) >= 11 is 3.51. The molecule has 1 aliphatic carbocycles. The van der Waals surface area contributed by atoms with Gasteiger partial charge in [-0.3, -0.25) is 0 Å². The Labute approximate surface area is 120 Å². The fraction of sp³-hybridized carbons (Fsp3) is 0.357. The van der Waals surface area contributed by atoms with E-state index >= 15 is 0 Å². The Kier molecular flexibility index (Phi) is 3.57. The summed E-state index contributed by atoms with van der Waals surface area (Å²) in [4.78, 5) is 4.50. The third-order valence-electron chi connectivity index (χ3n) is 3.10. The summed E-state index contributed by atoms with van der Waals surface area (Å²) in [5.41, 5.74) is 1.83. The van der Waals surface area contributed by atoms with Crippen molar-refractivity contribution in [2.75, 3.05) is 7.11 Å². The van der Waals surface area contributed by atoms with Crippen LogP contribution in [0.1, 0.15) is 18.5 Å². The van der Waals surface area contributed by atoms with Gasteiger partial charge in [0, 0.05) is 17.1 Å². The van der Waals surface area contributed by atoms with Crippen molar-refractivity contribution in [1.82, 2.24) is 10.3 Å². The lowest BCUT2D eigenvalue weighted by molar-refractivity contribution is 0.414. The molecule has 1 fully saturated rings. The first kappa shape index (κ1) is 12.7. The van der Waals surface area contributed by atoms with Crippen molar-refractivity contribution in [3.8, 4) is 17.2 Å². The van der Waals surface area contributed by atoms with Gasteiger partial charge in [0.25, 0.3) is 0 Å². The van der Waals surface area contributed by atoms with Crippen LogP contribution in [0.5, 0.6) is 5.75 Å². The Morgan fingerprint density at radius 2 is 2.32 bits per heavy atom. The number of benzene rings is 1. The molecule has 0 unspecified atom stereocenters. The van der Waals surface area contributed by atoms with E-state index in [0.717, 1.165) is 28.0 Å². The van der Waals surface area contributed by atoms with Crippen molar-refractivity contribution in [2.45, 2.75) is 25.4 Å². The molecule has 0 aliphatic heterocycles. The molecule has 0 radical (unpaired) electrons. The average Bonchev–Trinajstić information content (AvgIpc) is 3.15. The van der Waals surface area contributed by atoms with E-state index in [-0.39, 0.29) is 0 Å². The van der Waals surface area contributed by atoms with E-state index in [2.05, 4.69) is 26.2 Å². The summed E-state index contributed by atoms with van der Waals surface area (Å²) in [6, 6.07) is 6.41. The predicted octanol–water partition coefficient (Wildman–Crippen LogP) is 3.36. The standard InChI is InChI=1S/C14H15BrN2O2/c1-18-11-4-5-13(15)12(6-11)14-17-10(8-19-14)7-16-9-2-3-9/h4-6,8-9,16H,2-3,7H2,1H3. The molecule has 100 valence electrons. The maximum Gasteiger partial charge on any atom is 0.227 e. The highest BCUT2D eigenvalue weighted by Gasteiger charge is 2.20. The van der Waals surface area contributed by atoms with Gasteiger partial charge in [-0.15, -0.1) is 0 Å². The van der Waals surface area contributed by atoms with E-state index in [1.54, 1.807) is 13.4 Å². The molecule has 1 aromatic carbocycles. The number of nitrogens with zero attached hydrogens (tertiary/aromatic N) is 1. The zero-order valence-electron chi connectivity index (χ0n) is 10.6. The second-order valence-electron chi connectivity index (χ2n) is 4.64. The van der Waals surface area contributed by atoms with Crippen molar-refractivity contribution in [1.29, 1.82) is 0 Å². The van der Waals surface area contributed by atoms with Crippen molar-refractivity contribution < 1.29 is 9.15 Å². The molecular weight excluding hydrogens is 308 g/mol. The molecule has 0 spiro atoms. The topological polar surface area (TPSA) is 47.3 Å². The van der Waals surface area contributed by atoms with Crippen molar-refractivity contribution in [3.63, 3.8) is 0 Å². The van der Waals surface area contributed by atoms with E-state index < -0.39 is 0 Å². The molecule has 1 saturated carbocycles. The molecule has 5 heteroatoms. The van der Waals surface area contributed by atoms with E-state index in [1.165, 1.54) is 12.8 Å². The summed E-state index contributed by atoms with van der Waals surface area (Å²) < 4.78 is 11.7. The van der Waals surface area contributed by atoms with Crippen LogP contribution in [0.4, 0.5) is 0 Å². The largest absolute Gasteiger partial charge is 0.497 e. The molecule has 0 bridgehead atoms. The fourth-order valence-corrected chi connectivity index (χ4v) is 2.26. The van der Waals surface area contributed by atoms with Gasteiger partial charge in [-0.05, 0) is 47.0 Å². The van der Waals surface area contributed by atoms with E-state index in [1.807, 2.05) is 18.2 Å².